The van der Waals surface area contributed by atoms with Gasteiger partial charge in [-0.3, -0.25) is 5.32 Å². The monoisotopic (exact) mass is 219 g/mol. The maximum atomic E-state index is 11.2. The molecule has 0 heterocycles. The smallest absolute Gasteiger partial charge is 0.334 e. The molecule has 0 saturated carbocycles. The molecule has 1 atom stereocenters. The molecule has 0 aliphatic rings. The Hall–Kier alpha value is -1.61. The van der Waals surface area contributed by atoms with Crippen molar-refractivity contribution in [1.82, 2.24) is 5.32 Å². The average molecular weight is 219 g/mol. The zero-order valence-electron chi connectivity index (χ0n) is 9.69. The van der Waals surface area contributed by atoms with Crippen molar-refractivity contribution in [1.29, 1.82) is 0 Å². The molecule has 16 heavy (non-hydrogen) atoms. The molecule has 0 radical (unpaired) electrons. The Labute approximate surface area is 96.1 Å². The van der Waals surface area contributed by atoms with Gasteiger partial charge in [-0.2, -0.15) is 0 Å². The molecule has 3 heteroatoms. The van der Waals surface area contributed by atoms with E-state index in [2.05, 4.69) is 11.9 Å². The molecule has 0 saturated heterocycles. The Morgan fingerprint density at radius 1 is 1.44 bits per heavy atom. The summed E-state index contributed by atoms with van der Waals surface area (Å²) in [7, 11) is 0. The summed E-state index contributed by atoms with van der Waals surface area (Å²) in [6, 6.07) is 9.94. The van der Waals surface area contributed by atoms with E-state index in [1.54, 1.807) is 13.8 Å². The summed E-state index contributed by atoms with van der Waals surface area (Å²) in [5.41, 5.74) is 1.56. The molecule has 1 aromatic rings. The molecule has 1 N–H and O–H groups in total. The topological polar surface area (TPSA) is 38.3 Å². The van der Waals surface area contributed by atoms with Crippen molar-refractivity contribution in [2.24, 2.45) is 0 Å². The number of carbonyl (C=O) groups excluding carboxylic acids is 1. The molecule has 0 aliphatic carbocycles. The van der Waals surface area contributed by atoms with Gasteiger partial charge in [0.15, 0.2) is 6.23 Å². The lowest BCUT2D eigenvalue weighted by Crippen LogP contribution is -2.30. The first-order valence-electron chi connectivity index (χ1n) is 5.23. The van der Waals surface area contributed by atoms with E-state index in [0.717, 1.165) is 5.56 Å². The third-order valence-electron chi connectivity index (χ3n) is 2.07. The van der Waals surface area contributed by atoms with Crippen LogP contribution in [0.3, 0.4) is 0 Å². The van der Waals surface area contributed by atoms with E-state index >= 15 is 0 Å². The van der Waals surface area contributed by atoms with Crippen LogP contribution in [0.2, 0.25) is 0 Å². The molecule has 0 fully saturated rings. The van der Waals surface area contributed by atoms with Crippen LogP contribution in [-0.4, -0.2) is 12.2 Å². The van der Waals surface area contributed by atoms with Crippen LogP contribution in [0.5, 0.6) is 0 Å². The summed E-state index contributed by atoms with van der Waals surface area (Å²) in [5, 5.41) is 3.10. The normalized spacial score (nSPS) is 11.9. The van der Waals surface area contributed by atoms with Crippen LogP contribution in [0.15, 0.2) is 42.5 Å². The van der Waals surface area contributed by atoms with E-state index in [4.69, 9.17) is 4.74 Å². The summed E-state index contributed by atoms with van der Waals surface area (Å²) < 4.78 is 5.08. The van der Waals surface area contributed by atoms with E-state index in [-0.39, 0.29) is 12.2 Å². The van der Waals surface area contributed by atoms with Crippen molar-refractivity contribution >= 4 is 5.97 Å². The first-order chi connectivity index (χ1) is 7.59. The summed E-state index contributed by atoms with van der Waals surface area (Å²) in [6.07, 6.45) is -0.315. The van der Waals surface area contributed by atoms with Crippen molar-refractivity contribution in [3.8, 4) is 0 Å². The lowest BCUT2D eigenvalue weighted by Gasteiger charge is -2.14. The first-order valence-corrected chi connectivity index (χ1v) is 5.23. The standard InChI is InChI=1S/C13H17NO2/c1-10(2)13(15)16-11(3)14-9-12-7-5-4-6-8-12/h4-8,11,14H,1,9H2,2-3H3. The largest absolute Gasteiger partial charge is 0.444 e. The predicted molar refractivity (Wildman–Crippen MR) is 63.6 cm³/mol. The number of ether oxygens (including phenoxy) is 1. The predicted octanol–water partition coefficient (Wildman–Crippen LogP) is 2.24. The highest BCUT2D eigenvalue weighted by molar-refractivity contribution is 5.87. The van der Waals surface area contributed by atoms with Crippen molar-refractivity contribution < 1.29 is 9.53 Å². The van der Waals surface area contributed by atoms with Crippen LogP contribution in [0.4, 0.5) is 0 Å². The minimum absolute atomic E-state index is 0.315. The first kappa shape index (κ1) is 12.5. The fourth-order valence-corrected chi connectivity index (χ4v) is 1.16. The van der Waals surface area contributed by atoms with E-state index in [1.165, 1.54) is 0 Å². The summed E-state index contributed by atoms with van der Waals surface area (Å²) in [6.45, 7) is 7.62. The molecule has 1 aromatic carbocycles. The molecule has 1 rings (SSSR count). The lowest BCUT2D eigenvalue weighted by molar-refractivity contribution is -0.144. The van der Waals surface area contributed by atoms with Crippen LogP contribution in [-0.2, 0) is 16.1 Å². The molecule has 3 nitrogen and oxygen atoms in total. The molecule has 1 unspecified atom stereocenters. The van der Waals surface area contributed by atoms with E-state index in [9.17, 15) is 4.79 Å². The number of benzene rings is 1. The van der Waals surface area contributed by atoms with Crippen LogP contribution in [0, 0.1) is 0 Å². The Bertz CT molecular complexity index is 359. The van der Waals surface area contributed by atoms with Gasteiger partial charge in [-0.1, -0.05) is 36.9 Å². The highest BCUT2D eigenvalue weighted by Crippen LogP contribution is 2.00. The van der Waals surface area contributed by atoms with Gasteiger partial charge in [-0.15, -0.1) is 0 Å². The Morgan fingerprint density at radius 2 is 2.06 bits per heavy atom. The van der Waals surface area contributed by atoms with Crippen LogP contribution < -0.4 is 5.32 Å². The van der Waals surface area contributed by atoms with Gasteiger partial charge in [-0.05, 0) is 19.4 Å². The fourth-order valence-electron chi connectivity index (χ4n) is 1.16. The molecule has 0 spiro atoms. The Morgan fingerprint density at radius 3 is 2.62 bits per heavy atom. The molecule has 0 aliphatic heterocycles. The van der Waals surface area contributed by atoms with Crippen LogP contribution in [0.1, 0.15) is 19.4 Å². The number of rotatable bonds is 5. The van der Waals surface area contributed by atoms with Gasteiger partial charge in [0.05, 0.1) is 0 Å². The third-order valence-corrected chi connectivity index (χ3v) is 2.07. The third kappa shape index (κ3) is 4.28. The van der Waals surface area contributed by atoms with Gasteiger partial charge in [-0.25, -0.2) is 4.79 Å². The van der Waals surface area contributed by atoms with Crippen LogP contribution in [0.25, 0.3) is 0 Å². The molecule has 0 bridgehead atoms. The maximum Gasteiger partial charge on any atom is 0.334 e. The van der Waals surface area contributed by atoms with Crippen molar-refractivity contribution in [2.45, 2.75) is 26.6 Å². The van der Waals surface area contributed by atoms with Crippen molar-refractivity contribution in [3.05, 3.63) is 48.0 Å². The molecule has 86 valence electrons. The fraction of sp³-hybridized carbons (Fsp3) is 0.308. The van der Waals surface area contributed by atoms with Gasteiger partial charge in [0.1, 0.15) is 0 Å². The minimum atomic E-state index is -0.368. The van der Waals surface area contributed by atoms with E-state index in [1.807, 2.05) is 30.3 Å². The zero-order chi connectivity index (χ0) is 12.0. The molecule has 0 aromatic heterocycles. The van der Waals surface area contributed by atoms with Gasteiger partial charge < -0.3 is 4.74 Å². The number of nitrogens with one attached hydrogen (secondary N) is 1. The Kier molecular flexibility index (Phi) is 4.73. The number of esters is 1. The molecular weight excluding hydrogens is 202 g/mol. The van der Waals surface area contributed by atoms with Gasteiger partial charge in [0.2, 0.25) is 0 Å². The van der Waals surface area contributed by atoms with Gasteiger partial charge in [0, 0.05) is 12.1 Å². The van der Waals surface area contributed by atoms with E-state index in [0.29, 0.717) is 12.1 Å². The second-order valence-electron chi connectivity index (χ2n) is 3.69. The van der Waals surface area contributed by atoms with E-state index < -0.39 is 0 Å². The lowest BCUT2D eigenvalue weighted by atomic mass is 10.2. The van der Waals surface area contributed by atoms with Crippen molar-refractivity contribution in [3.63, 3.8) is 0 Å². The van der Waals surface area contributed by atoms with Gasteiger partial charge in [0.25, 0.3) is 0 Å². The second kappa shape index (κ2) is 6.08. The van der Waals surface area contributed by atoms with Gasteiger partial charge >= 0.3 is 5.97 Å². The zero-order valence-corrected chi connectivity index (χ0v) is 9.69. The molecular formula is C13H17NO2. The summed E-state index contributed by atoms with van der Waals surface area (Å²) in [4.78, 5) is 11.2. The second-order valence-corrected chi connectivity index (χ2v) is 3.69. The average Bonchev–Trinajstić information content (AvgIpc) is 2.27. The highest BCUT2D eigenvalue weighted by atomic mass is 16.6. The number of hydrogen-bond donors (Lipinski definition) is 1. The maximum absolute atomic E-state index is 11.2. The SMILES string of the molecule is C=C(C)C(=O)OC(C)NCc1ccccc1. The van der Waals surface area contributed by atoms with Crippen molar-refractivity contribution in [2.75, 3.05) is 0 Å². The summed E-state index contributed by atoms with van der Waals surface area (Å²) >= 11 is 0. The highest BCUT2D eigenvalue weighted by Gasteiger charge is 2.08. The number of hydrogen-bond acceptors (Lipinski definition) is 3. The number of carbonyl (C=O) groups is 1. The minimum Gasteiger partial charge on any atom is -0.444 e. The van der Waals surface area contributed by atoms with Crippen LogP contribution >= 0.6 is 0 Å². The molecule has 0 amide bonds. The quantitative estimate of drug-likeness (QED) is 0.469. The Balaban J connectivity index is 2.33. The summed E-state index contributed by atoms with van der Waals surface area (Å²) in [5.74, 6) is -0.368.